The van der Waals surface area contributed by atoms with Crippen molar-refractivity contribution < 1.29 is 0 Å². The number of H-pyrrole nitrogens is 2. The first-order valence-corrected chi connectivity index (χ1v) is 11.5. The second kappa shape index (κ2) is 9.48. The molecule has 0 amide bonds. The number of nitrogens with zero attached hydrogens (tertiary/aromatic N) is 5. The molecule has 0 aromatic carbocycles. The van der Waals surface area contributed by atoms with Gasteiger partial charge in [0.05, 0.1) is 17.1 Å². The smallest absolute Gasteiger partial charge is 0.181 e. The standard InChI is InChI=1S/C28H27N7/c1-5-18(17-35(3)4)13-19(6-2)20-14-23-26(33-34-28(23)31-16-20)25-15-22-21(10-12-30-27(22)32-25)24-9-7-8-11-29-24/h5-16H,1,17H2,2-4H3,(H,30,32)(H,31,33,34)/b18-13+,19-6+. The molecule has 0 radical (unpaired) electrons. The van der Waals surface area contributed by atoms with Gasteiger partial charge in [0.1, 0.15) is 5.65 Å². The summed E-state index contributed by atoms with van der Waals surface area (Å²) < 4.78 is 0. The monoisotopic (exact) mass is 461 g/mol. The van der Waals surface area contributed by atoms with Crippen LogP contribution in [0.5, 0.6) is 0 Å². The second-order valence-electron chi connectivity index (χ2n) is 8.62. The minimum absolute atomic E-state index is 0.664. The fourth-order valence-corrected chi connectivity index (χ4v) is 4.24. The highest BCUT2D eigenvalue weighted by Gasteiger charge is 2.15. The zero-order valence-corrected chi connectivity index (χ0v) is 20.1. The fraction of sp³-hybridized carbons (Fsp3) is 0.143. The minimum atomic E-state index is 0.664. The Labute approximate surface area is 204 Å². The fourth-order valence-electron chi connectivity index (χ4n) is 4.24. The van der Waals surface area contributed by atoms with E-state index in [1.54, 1.807) is 12.4 Å². The summed E-state index contributed by atoms with van der Waals surface area (Å²) in [5.74, 6) is 0. The van der Waals surface area contributed by atoms with E-state index in [1.165, 1.54) is 0 Å². The van der Waals surface area contributed by atoms with Gasteiger partial charge >= 0.3 is 0 Å². The molecule has 0 atom stereocenters. The van der Waals surface area contributed by atoms with E-state index in [0.717, 1.165) is 62.3 Å². The van der Waals surface area contributed by atoms with Crippen LogP contribution < -0.4 is 0 Å². The van der Waals surface area contributed by atoms with Crippen molar-refractivity contribution in [1.82, 2.24) is 35.0 Å². The Morgan fingerprint density at radius 3 is 2.69 bits per heavy atom. The van der Waals surface area contributed by atoms with Crippen LogP contribution >= 0.6 is 0 Å². The zero-order valence-electron chi connectivity index (χ0n) is 20.1. The van der Waals surface area contributed by atoms with Crippen LogP contribution in [-0.2, 0) is 0 Å². The Balaban J connectivity index is 1.59. The number of pyridine rings is 3. The number of hydrogen-bond acceptors (Lipinski definition) is 5. The highest BCUT2D eigenvalue weighted by atomic mass is 15.2. The Hall–Kier alpha value is -4.36. The first-order valence-electron chi connectivity index (χ1n) is 11.5. The van der Waals surface area contributed by atoms with Crippen LogP contribution in [0.15, 0.2) is 85.4 Å². The molecule has 0 spiro atoms. The van der Waals surface area contributed by atoms with Gasteiger partial charge in [0.25, 0.3) is 0 Å². The van der Waals surface area contributed by atoms with Crippen molar-refractivity contribution in [3.63, 3.8) is 0 Å². The van der Waals surface area contributed by atoms with Crippen molar-refractivity contribution in [3.8, 4) is 22.6 Å². The van der Waals surface area contributed by atoms with Crippen LogP contribution in [0, 0.1) is 0 Å². The van der Waals surface area contributed by atoms with Gasteiger partial charge in [0, 0.05) is 47.0 Å². The Bertz CT molecular complexity index is 1570. The first-order chi connectivity index (χ1) is 17.1. The third-order valence-corrected chi connectivity index (χ3v) is 5.90. The van der Waals surface area contributed by atoms with Crippen molar-refractivity contribution in [2.45, 2.75) is 6.92 Å². The van der Waals surface area contributed by atoms with E-state index in [-0.39, 0.29) is 0 Å². The average Bonchev–Trinajstić information content (AvgIpc) is 3.50. The molecule has 0 aliphatic heterocycles. The normalized spacial score (nSPS) is 12.7. The largest absolute Gasteiger partial charge is 0.338 e. The molecule has 7 heteroatoms. The number of aromatic amines is 2. The van der Waals surface area contributed by atoms with Crippen molar-refractivity contribution in [2.24, 2.45) is 0 Å². The highest BCUT2D eigenvalue weighted by molar-refractivity contribution is 5.99. The lowest BCUT2D eigenvalue weighted by molar-refractivity contribution is 0.449. The molecular formula is C28H27N7. The summed E-state index contributed by atoms with van der Waals surface area (Å²) in [5, 5.41) is 9.55. The maximum absolute atomic E-state index is 4.62. The quantitative estimate of drug-likeness (QED) is 0.306. The number of allylic oxidation sites excluding steroid dienone is 3. The molecule has 0 aliphatic rings. The van der Waals surface area contributed by atoms with Gasteiger partial charge in [-0.3, -0.25) is 10.1 Å². The van der Waals surface area contributed by atoms with Crippen LogP contribution in [0.3, 0.4) is 0 Å². The molecule has 7 nitrogen and oxygen atoms in total. The molecule has 0 bridgehead atoms. The molecule has 5 rings (SSSR count). The molecule has 35 heavy (non-hydrogen) atoms. The van der Waals surface area contributed by atoms with Crippen LogP contribution in [-0.4, -0.2) is 55.7 Å². The molecule has 5 aromatic heterocycles. The van der Waals surface area contributed by atoms with Crippen LogP contribution in [0.4, 0.5) is 0 Å². The van der Waals surface area contributed by atoms with Crippen LogP contribution in [0.2, 0.25) is 0 Å². The van der Waals surface area contributed by atoms with E-state index in [0.29, 0.717) is 5.65 Å². The Morgan fingerprint density at radius 2 is 1.94 bits per heavy atom. The molecule has 0 fully saturated rings. The summed E-state index contributed by atoms with van der Waals surface area (Å²) >= 11 is 0. The number of hydrogen-bond donors (Lipinski definition) is 2. The van der Waals surface area contributed by atoms with E-state index < -0.39 is 0 Å². The SMILES string of the molecule is C=C/C(=C\C(=C/C)c1cnc2n[nH]c(-c3cc4c(-c5ccccn5)ccnc4[nH]3)c2c1)CN(C)C. The molecule has 0 unspecified atom stereocenters. The van der Waals surface area contributed by atoms with E-state index >= 15 is 0 Å². The van der Waals surface area contributed by atoms with Gasteiger partial charge in [0.15, 0.2) is 5.65 Å². The van der Waals surface area contributed by atoms with Gasteiger partial charge in [-0.2, -0.15) is 5.10 Å². The lowest BCUT2D eigenvalue weighted by atomic mass is 10.0. The van der Waals surface area contributed by atoms with Gasteiger partial charge in [0.2, 0.25) is 0 Å². The number of fused-ring (bicyclic) bond motifs is 2. The summed E-state index contributed by atoms with van der Waals surface area (Å²) in [7, 11) is 4.10. The summed E-state index contributed by atoms with van der Waals surface area (Å²) in [6, 6.07) is 12.1. The lowest BCUT2D eigenvalue weighted by Gasteiger charge is -2.11. The van der Waals surface area contributed by atoms with Crippen LogP contribution in [0.1, 0.15) is 12.5 Å². The number of likely N-dealkylation sites (N-methyl/N-ethyl adjacent to an activating group) is 1. The summed E-state index contributed by atoms with van der Waals surface area (Å²) in [4.78, 5) is 19.2. The van der Waals surface area contributed by atoms with Gasteiger partial charge < -0.3 is 9.88 Å². The van der Waals surface area contributed by atoms with Crippen molar-refractivity contribution in [1.29, 1.82) is 0 Å². The molecule has 174 valence electrons. The zero-order chi connectivity index (χ0) is 24.4. The number of rotatable bonds is 7. The van der Waals surface area contributed by atoms with Crippen molar-refractivity contribution in [2.75, 3.05) is 20.6 Å². The van der Waals surface area contributed by atoms with Gasteiger partial charge in [-0.05, 0) is 62.5 Å². The third kappa shape index (κ3) is 4.41. The summed E-state index contributed by atoms with van der Waals surface area (Å²) in [6.45, 7) is 6.82. The van der Waals surface area contributed by atoms with Gasteiger partial charge in [-0.1, -0.05) is 30.9 Å². The predicted molar refractivity (Wildman–Crippen MR) is 143 cm³/mol. The van der Waals surface area contributed by atoms with E-state index in [2.05, 4.69) is 65.9 Å². The number of nitrogens with one attached hydrogen (secondary N) is 2. The lowest BCUT2D eigenvalue weighted by Crippen LogP contribution is -2.14. The van der Waals surface area contributed by atoms with Gasteiger partial charge in [-0.25, -0.2) is 9.97 Å². The minimum Gasteiger partial charge on any atom is -0.338 e. The summed E-state index contributed by atoms with van der Waals surface area (Å²) in [5.41, 5.74) is 8.40. The Morgan fingerprint density at radius 1 is 1.06 bits per heavy atom. The van der Waals surface area contributed by atoms with Crippen LogP contribution in [0.25, 0.3) is 50.3 Å². The molecule has 2 N–H and O–H groups in total. The Kier molecular flexibility index (Phi) is 6.08. The van der Waals surface area contributed by atoms with Crippen molar-refractivity contribution >= 4 is 27.6 Å². The topological polar surface area (TPSA) is 86.4 Å². The van der Waals surface area contributed by atoms with E-state index in [1.807, 2.05) is 57.6 Å². The second-order valence-corrected chi connectivity index (χ2v) is 8.62. The molecule has 0 saturated carbocycles. The van der Waals surface area contributed by atoms with Gasteiger partial charge in [-0.15, -0.1) is 0 Å². The molecule has 5 aromatic rings. The number of aromatic nitrogens is 6. The maximum Gasteiger partial charge on any atom is 0.181 e. The average molecular weight is 462 g/mol. The maximum atomic E-state index is 4.62. The van der Waals surface area contributed by atoms with E-state index in [9.17, 15) is 0 Å². The summed E-state index contributed by atoms with van der Waals surface area (Å²) in [6.07, 6.45) is 11.6. The third-order valence-electron chi connectivity index (χ3n) is 5.90. The van der Waals surface area contributed by atoms with Crippen molar-refractivity contribution in [3.05, 3.63) is 90.9 Å². The first kappa shape index (κ1) is 22.4. The molecule has 0 aliphatic carbocycles. The van der Waals surface area contributed by atoms with E-state index in [4.69, 9.17) is 0 Å². The molecule has 0 saturated heterocycles. The molecular weight excluding hydrogens is 434 g/mol. The predicted octanol–water partition coefficient (Wildman–Crippen LogP) is 5.64. The molecule has 5 heterocycles. The highest BCUT2D eigenvalue weighted by Crippen LogP contribution is 2.33.